The minimum absolute atomic E-state index is 0.0449. The number of ketones is 1. The Labute approximate surface area is 150 Å². The van der Waals surface area contributed by atoms with E-state index in [-0.39, 0.29) is 5.78 Å². The standard InChI is InChI=1S/C22H17NOS/c1-15-9-11-17(12-10-15)22(24)20-18(19-8-5-13-25-19)14-23-21(20)16-6-3-2-4-7-16/h2-14,23H,1H3. The van der Waals surface area contributed by atoms with Gasteiger partial charge in [0.25, 0.3) is 0 Å². The Balaban J connectivity index is 1.90. The van der Waals surface area contributed by atoms with E-state index in [0.29, 0.717) is 5.56 Å². The largest absolute Gasteiger partial charge is 0.360 e. The molecule has 0 unspecified atom stereocenters. The number of nitrogens with one attached hydrogen (secondary N) is 1. The van der Waals surface area contributed by atoms with Crippen LogP contribution in [0.3, 0.4) is 0 Å². The number of H-pyrrole nitrogens is 1. The molecule has 0 radical (unpaired) electrons. The molecule has 0 saturated carbocycles. The molecule has 2 nitrogen and oxygen atoms in total. The fraction of sp³-hybridized carbons (Fsp3) is 0.0455. The molecule has 0 saturated heterocycles. The molecule has 0 aliphatic carbocycles. The molecule has 0 bridgehead atoms. The maximum atomic E-state index is 13.3. The van der Waals surface area contributed by atoms with Crippen LogP contribution in [0.5, 0.6) is 0 Å². The molecule has 3 heteroatoms. The van der Waals surface area contributed by atoms with E-state index in [0.717, 1.165) is 32.8 Å². The average molecular weight is 343 g/mol. The molecule has 0 aliphatic heterocycles. The first-order valence-electron chi connectivity index (χ1n) is 8.16. The number of aryl methyl sites for hydroxylation is 1. The molecule has 2 heterocycles. The molecule has 0 spiro atoms. The fourth-order valence-corrected chi connectivity index (χ4v) is 3.72. The molecular weight excluding hydrogens is 326 g/mol. The Morgan fingerprint density at radius 2 is 1.68 bits per heavy atom. The van der Waals surface area contributed by atoms with Crippen molar-refractivity contribution in [1.82, 2.24) is 4.98 Å². The first-order valence-corrected chi connectivity index (χ1v) is 9.04. The van der Waals surface area contributed by atoms with Crippen LogP contribution in [0.2, 0.25) is 0 Å². The van der Waals surface area contributed by atoms with Gasteiger partial charge < -0.3 is 4.98 Å². The van der Waals surface area contributed by atoms with E-state index in [9.17, 15) is 4.79 Å². The van der Waals surface area contributed by atoms with Gasteiger partial charge in [0, 0.05) is 22.2 Å². The highest BCUT2D eigenvalue weighted by Crippen LogP contribution is 2.36. The van der Waals surface area contributed by atoms with Gasteiger partial charge in [0.2, 0.25) is 0 Å². The lowest BCUT2D eigenvalue weighted by Crippen LogP contribution is -2.03. The average Bonchev–Trinajstić information content (AvgIpc) is 3.32. The van der Waals surface area contributed by atoms with Crippen molar-refractivity contribution < 1.29 is 4.79 Å². The molecule has 1 N–H and O–H groups in total. The molecule has 4 aromatic rings. The van der Waals surface area contributed by atoms with Gasteiger partial charge in [-0.2, -0.15) is 0 Å². The van der Waals surface area contributed by atoms with Gasteiger partial charge in [-0.25, -0.2) is 0 Å². The predicted octanol–water partition coefficient (Wildman–Crippen LogP) is 5.95. The van der Waals surface area contributed by atoms with Crippen molar-refractivity contribution in [2.45, 2.75) is 6.92 Å². The Kier molecular flexibility index (Phi) is 4.08. The van der Waals surface area contributed by atoms with Gasteiger partial charge in [0.05, 0.1) is 11.3 Å². The van der Waals surface area contributed by atoms with Gasteiger partial charge >= 0.3 is 0 Å². The van der Waals surface area contributed by atoms with E-state index in [1.165, 1.54) is 0 Å². The van der Waals surface area contributed by atoms with Crippen molar-refractivity contribution >= 4 is 17.1 Å². The number of carbonyl (C=O) groups excluding carboxylic acids is 1. The van der Waals surface area contributed by atoms with Crippen molar-refractivity contribution in [2.75, 3.05) is 0 Å². The SMILES string of the molecule is Cc1ccc(C(=O)c2c(-c3cccs3)c[nH]c2-c2ccccc2)cc1. The first-order chi connectivity index (χ1) is 12.2. The number of benzene rings is 2. The minimum Gasteiger partial charge on any atom is -0.360 e. The quantitative estimate of drug-likeness (QED) is 0.456. The van der Waals surface area contributed by atoms with Crippen LogP contribution in [-0.4, -0.2) is 10.8 Å². The summed E-state index contributed by atoms with van der Waals surface area (Å²) in [6.07, 6.45) is 1.94. The summed E-state index contributed by atoms with van der Waals surface area (Å²) in [6, 6.07) is 21.8. The third-order valence-corrected chi connectivity index (χ3v) is 5.17. The Hall–Kier alpha value is -2.91. The Bertz CT molecular complexity index is 996. The van der Waals surface area contributed by atoms with Gasteiger partial charge in [-0.1, -0.05) is 66.2 Å². The van der Waals surface area contributed by atoms with Crippen LogP contribution in [0.4, 0.5) is 0 Å². The zero-order valence-corrected chi connectivity index (χ0v) is 14.6. The molecule has 0 fully saturated rings. The highest BCUT2D eigenvalue weighted by molar-refractivity contribution is 7.13. The molecule has 0 aliphatic rings. The normalized spacial score (nSPS) is 10.8. The zero-order chi connectivity index (χ0) is 17.2. The van der Waals surface area contributed by atoms with Crippen LogP contribution in [0.1, 0.15) is 21.5 Å². The van der Waals surface area contributed by atoms with Crippen LogP contribution in [0.25, 0.3) is 21.7 Å². The van der Waals surface area contributed by atoms with E-state index in [4.69, 9.17) is 0 Å². The van der Waals surface area contributed by atoms with E-state index >= 15 is 0 Å². The first kappa shape index (κ1) is 15.6. The molecule has 122 valence electrons. The van der Waals surface area contributed by atoms with Gasteiger partial charge in [-0.3, -0.25) is 4.79 Å². The van der Waals surface area contributed by atoms with Crippen molar-refractivity contribution in [3.05, 3.63) is 95.0 Å². The van der Waals surface area contributed by atoms with E-state index < -0.39 is 0 Å². The lowest BCUT2D eigenvalue weighted by molar-refractivity contribution is 0.104. The summed E-state index contributed by atoms with van der Waals surface area (Å²) in [4.78, 5) is 17.7. The number of carbonyl (C=O) groups is 1. The summed E-state index contributed by atoms with van der Waals surface area (Å²) in [6.45, 7) is 2.02. The number of rotatable bonds is 4. The summed E-state index contributed by atoms with van der Waals surface area (Å²) < 4.78 is 0. The second-order valence-electron chi connectivity index (χ2n) is 5.99. The molecule has 2 aromatic carbocycles. The summed E-state index contributed by atoms with van der Waals surface area (Å²) in [5, 5.41) is 2.03. The van der Waals surface area contributed by atoms with Gasteiger partial charge in [-0.15, -0.1) is 11.3 Å². The highest BCUT2D eigenvalue weighted by atomic mass is 32.1. The Morgan fingerprint density at radius 1 is 0.920 bits per heavy atom. The van der Waals surface area contributed by atoms with Crippen LogP contribution < -0.4 is 0 Å². The van der Waals surface area contributed by atoms with Crippen molar-refractivity contribution in [1.29, 1.82) is 0 Å². The van der Waals surface area contributed by atoms with E-state index in [1.807, 2.05) is 79.2 Å². The topological polar surface area (TPSA) is 32.9 Å². The molecular formula is C22H17NOS. The van der Waals surface area contributed by atoms with Gasteiger partial charge in [0.15, 0.2) is 5.78 Å². The van der Waals surface area contributed by atoms with Crippen molar-refractivity contribution in [2.24, 2.45) is 0 Å². The number of thiophene rings is 1. The molecule has 25 heavy (non-hydrogen) atoms. The summed E-state index contributed by atoms with van der Waals surface area (Å²) in [5.74, 6) is 0.0449. The fourth-order valence-electron chi connectivity index (χ4n) is 2.97. The maximum absolute atomic E-state index is 13.3. The number of aromatic amines is 1. The second-order valence-corrected chi connectivity index (χ2v) is 6.94. The maximum Gasteiger partial charge on any atom is 0.195 e. The van der Waals surface area contributed by atoms with Crippen molar-refractivity contribution in [3.8, 4) is 21.7 Å². The molecule has 2 aromatic heterocycles. The minimum atomic E-state index is 0.0449. The van der Waals surface area contributed by atoms with Crippen LogP contribution in [0.15, 0.2) is 78.3 Å². The number of hydrogen-bond donors (Lipinski definition) is 1. The third-order valence-electron chi connectivity index (χ3n) is 4.27. The second kappa shape index (κ2) is 6.54. The van der Waals surface area contributed by atoms with E-state index in [2.05, 4.69) is 11.1 Å². The van der Waals surface area contributed by atoms with Crippen LogP contribution in [0, 0.1) is 6.92 Å². The van der Waals surface area contributed by atoms with Gasteiger partial charge in [-0.05, 0) is 23.9 Å². The third kappa shape index (κ3) is 2.94. The molecule has 4 rings (SSSR count). The lowest BCUT2D eigenvalue weighted by atomic mass is 9.96. The molecule has 0 atom stereocenters. The zero-order valence-electron chi connectivity index (χ0n) is 13.8. The summed E-state index contributed by atoms with van der Waals surface area (Å²) in [7, 11) is 0. The van der Waals surface area contributed by atoms with Crippen LogP contribution >= 0.6 is 11.3 Å². The highest BCUT2D eigenvalue weighted by Gasteiger charge is 2.22. The van der Waals surface area contributed by atoms with Crippen molar-refractivity contribution in [3.63, 3.8) is 0 Å². The molecule has 0 amide bonds. The predicted molar refractivity (Wildman–Crippen MR) is 104 cm³/mol. The summed E-state index contributed by atoms with van der Waals surface area (Å²) >= 11 is 1.64. The smallest absolute Gasteiger partial charge is 0.195 e. The Morgan fingerprint density at radius 3 is 2.36 bits per heavy atom. The van der Waals surface area contributed by atoms with Crippen LogP contribution in [-0.2, 0) is 0 Å². The van der Waals surface area contributed by atoms with E-state index in [1.54, 1.807) is 11.3 Å². The lowest BCUT2D eigenvalue weighted by Gasteiger charge is -2.07. The summed E-state index contributed by atoms with van der Waals surface area (Å²) in [5.41, 5.74) is 5.43. The van der Waals surface area contributed by atoms with Gasteiger partial charge in [0.1, 0.15) is 0 Å². The number of aromatic nitrogens is 1. The monoisotopic (exact) mass is 343 g/mol. The number of hydrogen-bond acceptors (Lipinski definition) is 2.